The van der Waals surface area contributed by atoms with Gasteiger partial charge in [0.15, 0.2) is 11.6 Å². The number of benzene rings is 1. The van der Waals surface area contributed by atoms with Crippen LogP contribution in [0.4, 0.5) is 14.5 Å². The lowest BCUT2D eigenvalue weighted by Gasteiger charge is -2.06. The zero-order chi connectivity index (χ0) is 13.1. The Morgan fingerprint density at radius 2 is 2.11 bits per heavy atom. The minimum Gasteiger partial charge on any atom is -0.378 e. The Balaban J connectivity index is 2.11. The minimum atomic E-state index is -0.824. The molecule has 0 saturated heterocycles. The highest BCUT2D eigenvalue weighted by molar-refractivity contribution is 5.46. The summed E-state index contributed by atoms with van der Waals surface area (Å²) >= 11 is 0. The largest absolute Gasteiger partial charge is 0.378 e. The molecular weight excluding hydrogens is 236 g/mol. The molecule has 1 aromatic carbocycles. The van der Waals surface area contributed by atoms with Gasteiger partial charge < -0.3 is 5.32 Å². The van der Waals surface area contributed by atoms with E-state index in [1.54, 1.807) is 10.7 Å². The van der Waals surface area contributed by atoms with E-state index in [4.69, 9.17) is 0 Å². The van der Waals surface area contributed by atoms with E-state index in [-0.39, 0.29) is 6.54 Å². The van der Waals surface area contributed by atoms with Crippen LogP contribution in [-0.2, 0) is 13.1 Å². The van der Waals surface area contributed by atoms with Gasteiger partial charge in [0.1, 0.15) is 0 Å². The molecule has 0 saturated carbocycles. The van der Waals surface area contributed by atoms with Crippen LogP contribution in [0.5, 0.6) is 0 Å². The SMILES string of the molecule is CCn1cc(NCc2cccc(F)c2F)c(C)n1. The summed E-state index contributed by atoms with van der Waals surface area (Å²) in [5, 5.41) is 7.33. The molecule has 0 fully saturated rings. The second kappa shape index (κ2) is 5.16. The molecule has 0 unspecified atom stereocenters. The molecule has 0 atom stereocenters. The number of nitrogens with one attached hydrogen (secondary N) is 1. The Hall–Kier alpha value is -1.91. The van der Waals surface area contributed by atoms with Gasteiger partial charge in [-0.1, -0.05) is 12.1 Å². The zero-order valence-electron chi connectivity index (χ0n) is 10.4. The van der Waals surface area contributed by atoms with Crippen LogP contribution in [0, 0.1) is 18.6 Å². The lowest BCUT2D eigenvalue weighted by Crippen LogP contribution is -2.03. The fraction of sp³-hybridized carbons (Fsp3) is 0.308. The second-order valence-corrected chi connectivity index (χ2v) is 4.05. The monoisotopic (exact) mass is 251 g/mol. The smallest absolute Gasteiger partial charge is 0.163 e. The molecule has 0 bridgehead atoms. The Kier molecular flexibility index (Phi) is 3.60. The number of anilines is 1. The maximum atomic E-state index is 13.4. The van der Waals surface area contributed by atoms with Crippen molar-refractivity contribution in [3.05, 3.63) is 47.3 Å². The van der Waals surface area contributed by atoms with Crippen LogP contribution in [0.3, 0.4) is 0 Å². The molecule has 96 valence electrons. The molecule has 2 aromatic rings. The van der Waals surface area contributed by atoms with Gasteiger partial charge in [-0.15, -0.1) is 0 Å². The van der Waals surface area contributed by atoms with Crippen molar-refractivity contribution in [1.82, 2.24) is 9.78 Å². The number of hydrogen-bond acceptors (Lipinski definition) is 2. The summed E-state index contributed by atoms with van der Waals surface area (Å²) in [5.74, 6) is -1.62. The third-order valence-corrected chi connectivity index (χ3v) is 2.77. The number of aryl methyl sites for hydroxylation is 2. The van der Waals surface area contributed by atoms with E-state index in [1.165, 1.54) is 6.07 Å². The highest BCUT2D eigenvalue weighted by atomic mass is 19.2. The molecule has 0 aliphatic heterocycles. The third kappa shape index (κ3) is 2.50. The number of rotatable bonds is 4. The predicted octanol–water partition coefficient (Wildman–Crippen LogP) is 3.10. The standard InChI is InChI=1S/C13H15F2N3/c1-3-18-8-12(9(2)17-18)16-7-10-5-4-6-11(14)13(10)15/h4-6,8,16H,3,7H2,1-2H3. The van der Waals surface area contributed by atoms with Crippen LogP contribution >= 0.6 is 0 Å². The molecule has 1 N–H and O–H groups in total. The van der Waals surface area contributed by atoms with Crippen molar-refractivity contribution in [1.29, 1.82) is 0 Å². The van der Waals surface area contributed by atoms with Gasteiger partial charge in [0.2, 0.25) is 0 Å². The quantitative estimate of drug-likeness (QED) is 0.904. The van der Waals surface area contributed by atoms with E-state index in [0.717, 1.165) is 24.0 Å². The van der Waals surface area contributed by atoms with Crippen LogP contribution in [0.1, 0.15) is 18.2 Å². The van der Waals surface area contributed by atoms with Crippen LogP contribution in [0.15, 0.2) is 24.4 Å². The summed E-state index contributed by atoms with van der Waals surface area (Å²) in [5.41, 5.74) is 1.98. The van der Waals surface area contributed by atoms with Gasteiger partial charge in [0.05, 0.1) is 11.4 Å². The molecule has 0 aliphatic rings. The van der Waals surface area contributed by atoms with Gasteiger partial charge in [0.25, 0.3) is 0 Å². The van der Waals surface area contributed by atoms with Crippen molar-refractivity contribution in [3.8, 4) is 0 Å². The van der Waals surface area contributed by atoms with Crippen LogP contribution in [-0.4, -0.2) is 9.78 Å². The average molecular weight is 251 g/mol. The molecule has 3 nitrogen and oxygen atoms in total. The first-order valence-corrected chi connectivity index (χ1v) is 5.82. The fourth-order valence-electron chi connectivity index (χ4n) is 1.73. The zero-order valence-corrected chi connectivity index (χ0v) is 10.4. The van der Waals surface area contributed by atoms with Crippen molar-refractivity contribution in [3.63, 3.8) is 0 Å². The second-order valence-electron chi connectivity index (χ2n) is 4.05. The van der Waals surface area contributed by atoms with Gasteiger partial charge in [-0.2, -0.15) is 5.10 Å². The fourth-order valence-corrected chi connectivity index (χ4v) is 1.73. The number of hydrogen-bond donors (Lipinski definition) is 1. The van der Waals surface area contributed by atoms with Gasteiger partial charge in [-0.3, -0.25) is 4.68 Å². The van der Waals surface area contributed by atoms with Gasteiger partial charge in [-0.25, -0.2) is 8.78 Å². The number of nitrogens with zero attached hydrogens (tertiary/aromatic N) is 2. The molecule has 0 radical (unpaired) electrons. The molecule has 5 heteroatoms. The Labute approximate surface area is 104 Å². The lowest BCUT2D eigenvalue weighted by molar-refractivity contribution is 0.500. The molecular formula is C13H15F2N3. The predicted molar refractivity (Wildman–Crippen MR) is 66.3 cm³/mol. The van der Waals surface area contributed by atoms with Crippen LogP contribution in [0.25, 0.3) is 0 Å². The first-order valence-electron chi connectivity index (χ1n) is 5.82. The summed E-state index contributed by atoms with van der Waals surface area (Å²) in [7, 11) is 0. The third-order valence-electron chi connectivity index (χ3n) is 2.77. The van der Waals surface area contributed by atoms with Crippen molar-refractivity contribution in [2.45, 2.75) is 26.9 Å². The Bertz CT molecular complexity index is 549. The molecule has 1 aromatic heterocycles. The number of halogens is 2. The van der Waals surface area contributed by atoms with Crippen molar-refractivity contribution in [2.75, 3.05) is 5.32 Å². The van der Waals surface area contributed by atoms with Crippen molar-refractivity contribution in [2.24, 2.45) is 0 Å². The molecule has 1 heterocycles. The topological polar surface area (TPSA) is 29.9 Å². The lowest BCUT2D eigenvalue weighted by atomic mass is 10.2. The van der Waals surface area contributed by atoms with E-state index in [0.29, 0.717) is 5.56 Å². The first kappa shape index (κ1) is 12.5. The maximum absolute atomic E-state index is 13.4. The molecule has 0 aliphatic carbocycles. The molecule has 0 spiro atoms. The van der Waals surface area contributed by atoms with E-state index in [2.05, 4.69) is 10.4 Å². The summed E-state index contributed by atoms with van der Waals surface area (Å²) < 4.78 is 28.3. The summed E-state index contributed by atoms with van der Waals surface area (Å²) in [4.78, 5) is 0. The number of aromatic nitrogens is 2. The first-order chi connectivity index (χ1) is 8.61. The summed E-state index contributed by atoms with van der Waals surface area (Å²) in [6.07, 6.45) is 1.85. The average Bonchev–Trinajstić information content (AvgIpc) is 2.72. The van der Waals surface area contributed by atoms with Gasteiger partial charge in [-0.05, 0) is 19.9 Å². The molecule has 18 heavy (non-hydrogen) atoms. The van der Waals surface area contributed by atoms with E-state index >= 15 is 0 Å². The Morgan fingerprint density at radius 1 is 1.33 bits per heavy atom. The maximum Gasteiger partial charge on any atom is 0.163 e. The highest BCUT2D eigenvalue weighted by Crippen LogP contribution is 2.16. The van der Waals surface area contributed by atoms with Crippen molar-refractivity contribution >= 4 is 5.69 Å². The summed E-state index contributed by atoms with van der Waals surface area (Å²) in [6, 6.07) is 4.17. The van der Waals surface area contributed by atoms with E-state index in [9.17, 15) is 8.78 Å². The van der Waals surface area contributed by atoms with E-state index in [1.807, 2.05) is 20.0 Å². The molecule has 0 amide bonds. The van der Waals surface area contributed by atoms with Crippen molar-refractivity contribution < 1.29 is 8.78 Å². The summed E-state index contributed by atoms with van der Waals surface area (Å²) in [6.45, 7) is 4.87. The minimum absolute atomic E-state index is 0.236. The molecule has 2 rings (SSSR count). The van der Waals surface area contributed by atoms with Gasteiger partial charge >= 0.3 is 0 Å². The normalized spacial score (nSPS) is 10.7. The van der Waals surface area contributed by atoms with Crippen LogP contribution < -0.4 is 5.32 Å². The highest BCUT2D eigenvalue weighted by Gasteiger charge is 2.08. The van der Waals surface area contributed by atoms with Crippen LogP contribution in [0.2, 0.25) is 0 Å². The Morgan fingerprint density at radius 3 is 2.78 bits per heavy atom. The van der Waals surface area contributed by atoms with E-state index < -0.39 is 11.6 Å². The van der Waals surface area contributed by atoms with Gasteiger partial charge in [0, 0.05) is 24.8 Å².